The van der Waals surface area contributed by atoms with Gasteiger partial charge in [-0.05, 0) is 18.9 Å². The highest BCUT2D eigenvalue weighted by atomic mass is 14.9. The fraction of sp³-hybridized carbons (Fsp3) is 0.688. The molecular formula is C16H30N+. The van der Waals surface area contributed by atoms with Gasteiger partial charge in [0.2, 0.25) is 0 Å². The number of unbranched alkanes of at least 4 members (excludes halogenated alkanes) is 5. The molecule has 0 fully saturated rings. The average molecular weight is 236 g/mol. The molecule has 1 aromatic heterocycles. The van der Waals surface area contributed by atoms with Gasteiger partial charge in [-0.2, -0.15) is 0 Å². The minimum atomic E-state index is 1.17. The van der Waals surface area contributed by atoms with E-state index in [0.717, 1.165) is 0 Å². The van der Waals surface area contributed by atoms with E-state index in [-0.39, 0.29) is 0 Å². The third kappa shape index (κ3) is 8.91. The standard InChI is InChI=1S/C14H24N.C2H6/c1-3-4-5-6-7-8-11-15-12-9-14(2)10-13-15;1-2/h9-10,12-13H,3-8,11H2,1-2H3;1-2H3/q+1;. The fourth-order valence-corrected chi connectivity index (χ4v) is 1.76. The largest absolute Gasteiger partial charge is 0.205 e. The Hall–Kier alpha value is -0.850. The molecule has 0 aliphatic rings. The molecule has 17 heavy (non-hydrogen) atoms. The van der Waals surface area contributed by atoms with Gasteiger partial charge in [-0.3, -0.25) is 0 Å². The molecule has 0 radical (unpaired) electrons. The van der Waals surface area contributed by atoms with Gasteiger partial charge in [0.25, 0.3) is 0 Å². The van der Waals surface area contributed by atoms with Crippen molar-refractivity contribution in [1.29, 1.82) is 0 Å². The van der Waals surface area contributed by atoms with Crippen LogP contribution in [0, 0.1) is 6.92 Å². The second-order valence-corrected chi connectivity index (χ2v) is 4.38. The van der Waals surface area contributed by atoms with Crippen molar-refractivity contribution in [2.24, 2.45) is 0 Å². The van der Waals surface area contributed by atoms with Gasteiger partial charge in [-0.25, -0.2) is 4.57 Å². The maximum Gasteiger partial charge on any atom is 0.169 e. The third-order valence-electron chi connectivity index (χ3n) is 2.83. The number of nitrogens with zero attached hydrogens (tertiary/aromatic N) is 1. The molecule has 0 aliphatic carbocycles. The fourth-order valence-electron chi connectivity index (χ4n) is 1.76. The molecule has 0 amide bonds. The molecule has 0 atom stereocenters. The topological polar surface area (TPSA) is 3.88 Å². The zero-order valence-corrected chi connectivity index (χ0v) is 12.2. The highest BCUT2D eigenvalue weighted by molar-refractivity contribution is 5.03. The second-order valence-electron chi connectivity index (χ2n) is 4.38. The first-order chi connectivity index (χ1) is 8.33. The van der Waals surface area contributed by atoms with E-state index in [1.807, 2.05) is 13.8 Å². The molecular weight excluding hydrogens is 206 g/mol. The van der Waals surface area contributed by atoms with Crippen LogP contribution in [0.15, 0.2) is 24.5 Å². The van der Waals surface area contributed by atoms with Crippen LogP contribution in [0.4, 0.5) is 0 Å². The Balaban J connectivity index is 0.00000121. The van der Waals surface area contributed by atoms with Crippen LogP contribution < -0.4 is 4.57 Å². The number of aryl methyl sites for hydroxylation is 2. The van der Waals surface area contributed by atoms with E-state index in [2.05, 4.69) is 42.9 Å². The van der Waals surface area contributed by atoms with Crippen LogP contribution >= 0.6 is 0 Å². The van der Waals surface area contributed by atoms with Gasteiger partial charge in [0.05, 0.1) is 0 Å². The predicted octanol–water partition coefficient (Wildman–Crippen LogP) is 4.67. The third-order valence-corrected chi connectivity index (χ3v) is 2.83. The summed E-state index contributed by atoms with van der Waals surface area (Å²) in [4.78, 5) is 0. The molecule has 0 N–H and O–H groups in total. The number of rotatable bonds is 7. The van der Waals surface area contributed by atoms with Gasteiger partial charge in [0.1, 0.15) is 6.54 Å². The Morgan fingerprint density at radius 2 is 1.41 bits per heavy atom. The number of pyridine rings is 1. The van der Waals surface area contributed by atoms with E-state index in [1.165, 1.54) is 50.6 Å². The lowest BCUT2D eigenvalue weighted by Gasteiger charge is -1.99. The quantitative estimate of drug-likeness (QED) is 0.478. The summed E-state index contributed by atoms with van der Waals surface area (Å²) in [6.45, 7) is 9.57. The lowest BCUT2D eigenvalue weighted by Crippen LogP contribution is -2.32. The number of aromatic nitrogens is 1. The van der Waals surface area contributed by atoms with Crippen LogP contribution in [-0.2, 0) is 6.54 Å². The van der Waals surface area contributed by atoms with Crippen molar-refractivity contribution < 1.29 is 4.57 Å². The van der Waals surface area contributed by atoms with Gasteiger partial charge in [0.15, 0.2) is 12.4 Å². The first kappa shape index (κ1) is 16.1. The molecule has 98 valence electrons. The number of hydrogen-bond donors (Lipinski definition) is 0. The summed E-state index contributed by atoms with van der Waals surface area (Å²) in [5, 5.41) is 0. The van der Waals surface area contributed by atoms with Gasteiger partial charge < -0.3 is 0 Å². The molecule has 0 saturated carbocycles. The molecule has 1 rings (SSSR count). The monoisotopic (exact) mass is 236 g/mol. The van der Waals surface area contributed by atoms with Gasteiger partial charge in [-0.1, -0.05) is 46.5 Å². The highest BCUT2D eigenvalue weighted by Crippen LogP contribution is 2.04. The zero-order chi connectivity index (χ0) is 12.9. The van der Waals surface area contributed by atoms with E-state index in [1.54, 1.807) is 0 Å². The van der Waals surface area contributed by atoms with Crippen molar-refractivity contribution >= 4 is 0 Å². The van der Waals surface area contributed by atoms with E-state index < -0.39 is 0 Å². The van der Waals surface area contributed by atoms with Crippen molar-refractivity contribution in [1.82, 2.24) is 0 Å². The molecule has 1 heterocycles. The number of hydrogen-bond acceptors (Lipinski definition) is 0. The summed E-state index contributed by atoms with van der Waals surface area (Å²) in [5.41, 5.74) is 1.34. The van der Waals surface area contributed by atoms with E-state index >= 15 is 0 Å². The first-order valence-electron chi connectivity index (χ1n) is 7.28. The Morgan fingerprint density at radius 1 is 0.882 bits per heavy atom. The van der Waals surface area contributed by atoms with E-state index in [9.17, 15) is 0 Å². The van der Waals surface area contributed by atoms with Crippen LogP contribution in [0.1, 0.15) is 64.9 Å². The normalized spacial score (nSPS) is 9.65. The molecule has 0 bridgehead atoms. The summed E-state index contributed by atoms with van der Waals surface area (Å²) in [5.74, 6) is 0. The molecule has 0 spiro atoms. The molecule has 1 heteroatoms. The maximum atomic E-state index is 2.28. The van der Waals surface area contributed by atoms with Crippen molar-refractivity contribution in [2.45, 2.75) is 72.8 Å². The van der Waals surface area contributed by atoms with Crippen LogP contribution in [-0.4, -0.2) is 0 Å². The summed E-state index contributed by atoms with van der Waals surface area (Å²) < 4.78 is 2.28. The predicted molar refractivity (Wildman–Crippen MR) is 76.1 cm³/mol. The van der Waals surface area contributed by atoms with Crippen molar-refractivity contribution in [3.05, 3.63) is 30.1 Å². The van der Waals surface area contributed by atoms with Crippen LogP contribution in [0.2, 0.25) is 0 Å². The van der Waals surface area contributed by atoms with Gasteiger partial charge >= 0.3 is 0 Å². The molecule has 0 aromatic carbocycles. The van der Waals surface area contributed by atoms with Crippen molar-refractivity contribution in [3.8, 4) is 0 Å². The molecule has 0 saturated heterocycles. The lowest BCUT2D eigenvalue weighted by atomic mass is 10.1. The molecule has 1 nitrogen and oxygen atoms in total. The lowest BCUT2D eigenvalue weighted by molar-refractivity contribution is -0.697. The first-order valence-corrected chi connectivity index (χ1v) is 7.28. The highest BCUT2D eigenvalue weighted by Gasteiger charge is 1.98. The maximum absolute atomic E-state index is 2.28. The summed E-state index contributed by atoms with van der Waals surface area (Å²) in [6, 6.07) is 4.36. The molecule has 1 aromatic rings. The Labute approximate surface area is 108 Å². The van der Waals surface area contributed by atoms with Crippen LogP contribution in [0.25, 0.3) is 0 Å². The zero-order valence-electron chi connectivity index (χ0n) is 12.2. The van der Waals surface area contributed by atoms with Crippen LogP contribution in [0.5, 0.6) is 0 Å². The Kier molecular flexibility index (Phi) is 11.0. The van der Waals surface area contributed by atoms with Crippen molar-refractivity contribution in [3.63, 3.8) is 0 Å². The Morgan fingerprint density at radius 3 is 2.00 bits per heavy atom. The summed E-state index contributed by atoms with van der Waals surface area (Å²) in [7, 11) is 0. The summed E-state index contributed by atoms with van der Waals surface area (Å²) >= 11 is 0. The second kappa shape index (κ2) is 11.6. The summed E-state index contributed by atoms with van der Waals surface area (Å²) in [6.07, 6.45) is 12.6. The molecule has 0 aliphatic heterocycles. The van der Waals surface area contributed by atoms with Gasteiger partial charge in [-0.15, -0.1) is 0 Å². The Bertz CT molecular complexity index is 251. The average Bonchev–Trinajstić information content (AvgIpc) is 2.38. The van der Waals surface area contributed by atoms with Gasteiger partial charge in [0, 0.05) is 18.6 Å². The van der Waals surface area contributed by atoms with E-state index in [4.69, 9.17) is 0 Å². The van der Waals surface area contributed by atoms with E-state index in [0.29, 0.717) is 0 Å². The minimum absolute atomic E-state index is 1.17. The smallest absolute Gasteiger partial charge is 0.169 e. The minimum Gasteiger partial charge on any atom is -0.205 e. The van der Waals surface area contributed by atoms with Crippen LogP contribution in [0.3, 0.4) is 0 Å². The SMILES string of the molecule is CC.CCCCCCCC[n+]1ccc(C)cc1. The van der Waals surface area contributed by atoms with Crippen molar-refractivity contribution in [2.75, 3.05) is 0 Å². The molecule has 0 unspecified atom stereocenters.